The number of hydrogen-bond donors (Lipinski definition) is 0. The molecule has 0 radical (unpaired) electrons. The lowest BCUT2D eigenvalue weighted by Crippen LogP contribution is -2.07. The van der Waals surface area contributed by atoms with Crippen LogP contribution in [0.5, 0.6) is 0 Å². The Kier molecular flexibility index (Phi) is 6.31. The van der Waals surface area contributed by atoms with Gasteiger partial charge in [-0.1, -0.05) is 48.6 Å². The standard InChI is InChI=1S/C28H28N4/c1-31(2)23-15-9-21(10-16-23)13-19-27-28(30-26-8-6-5-7-25(26)29-27)20-14-22-11-17-24(18-12-22)32(3)4/h5-20H,1-4H3. The van der Waals surface area contributed by atoms with Crippen molar-refractivity contribution in [2.45, 2.75) is 0 Å². The number of para-hydroxylation sites is 2. The van der Waals surface area contributed by atoms with Crippen molar-refractivity contribution < 1.29 is 0 Å². The van der Waals surface area contributed by atoms with Gasteiger partial charge in [0.15, 0.2) is 0 Å². The lowest BCUT2D eigenvalue weighted by Gasteiger charge is -2.12. The van der Waals surface area contributed by atoms with Gasteiger partial charge in [0, 0.05) is 39.6 Å². The molecule has 4 aromatic rings. The molecule has 0 saturated heterocycles. The fraction of sp³-hybridized carbons (Fsp3) is 0.143. The molecule has 32 heavy (non-hydrogen) atoms. The third kappa shape index (κ3) is 5.03. The summed E-state index contributed by atoms with van der Waals surface area (Å²) in [7, 11) is 8.18. The molecule has 160 valence electrons. The molecule has 0 aliphatic heterocycles. The Bertz CT molecular complexity index is 1150. The van der Waals surface area contributed by atoms with Crippen LogP contribution in [-0.2, 0) is 0 Å². The van der Waals surface area contributed by atoms with Gasteiger partial charge in [0.1, 0.15) is 0 Å². The molecule has 0 aliphatic carbocycles. The first-order valence-electron chi connectivity index (χ1n) is 10.7. The predicted molar refractivity (Wildman–Crippen MR) is 139 cm³/mol. The largest absolute Gasteiger partial charge is 0.378 e. The molecule has 0 amide bonds. The zero-order valence-electron chi connectivity index (χ0n) is 19.0. The molecule has 0 bridgehead atoms. The number of fused-ring (bicyclic) bond motifs is 1. The summed E-state index contributed by atoms with van der Waals surface area (Å²) < 4.78 is 0. The smallest absolute Gasteiger partial charge is 0.0894 e. The maximum absolute atomic E-state index is 4.87. The van der Waals surface area contributed by atoms with Gasteiger partial charge in [-0.05, 0) is 59.7 Å². The van der Waals surface area contributed by atoms with Crippen molar-refractivity contribution in [3.05, 3.63) is 95.3 Å². The number of rotatable bonds is 6. The van der Waals surface area contributed by atoms with Crippen LogP contribution in [0, 0.1) is 0 Å². The molecule has 1 heterocycles. The molecular formula is C28H28N4. The summed E-state index contributed by atoms with van der Waals surface area (Å²) in [5, 5.41) is 0. The number of nitrogens with zero attached hydrogens (tertiary/aromatic N) is 4. The number of benzene rings is 3. The van der Waals surface area contributed by atoms with E-state index in [1.807, 2.05) is 64.6 Å². The van der Waals surface area contributed by atoms with Crippen molar-refractivity contribution >= 4 is 46.7 Å². The SMILES string of the molecule is CN(C)c1ccc(C=Cc2nc3ccccc3nc2C=Cc2ccc(N(C)C)cc2)cc1. The van der Waals surface area contributed by atoms with Crippen molar-refractivity contribution in [2.75, 3.05) is 38.0 Å². The zero-order chi connectivity index (χ0) is 22.5. The van der Waals surface area contributed by atoms with E-state index in [9.17, 15) is 0 Å². The molecule has 0 N–H and O–H groups in total. The zero-order valence-corrected chi connectivity index (χ0v) is 19.0. The Labute approximate surface area is 190 Å². The third-order valence-corrected chi connectivity index (χ3v) is 5.31. The second kappa shape index (κ2) is 9.48. The molecule has 0 unspecified atom stereocenters. The topological polar surface area (TPSA) is 32.3 Å². The molecule has 3 aromatic carbocycles. The summed E-state index contributed by atoms with van der Waals surface area (Å²) in [6.45, 7) is 0. The normalized spacial score (nSPS) is 11.5. The van der Waals surface area contributed by atoms with E-state index in [4.69, 9.17) is 9.97 Å². The summed E-state index contributed by atoms with van der Waals surface area (Å²) in [5.74, 6) is 0. The van der Waals surface area contributed by atoms with Crippen LogP contribution in [0.1, 0.15) is 22.5 Å². The highest BCUT2D eigenvalue weighted by Gasteiger charge is 2.05. The van der Waals surface area contributed by atoms with Crippen molar-refractivity contribution in [1.82, 2.24) is 9.97 Å². The Morgan fingerprint density at radius 1 is 0.500 bits per heavy atom. The molecule has 0 atom stereocenters. The fourth-order valence-corrected chi connectivity index (χ4v) is 3.39. The molecule has 0 saturated carbocycles. The van der Waals surface area contributed by atoms with E-state index in [0.29, 0.717) is 0 Å². The van der Waals surface area contributed by atoms with Crippen molar-refractivity contribution in [3.63, 3.8) is 0 Å². The average Bonchev–Trinajstić information content (AvgIpc) is 2.81. The van der Waals surface area contributed by atoms with Crippen LogP contribution in [0.3, 0.4) is 0 Å². The Balaban J connectivity index is 1.67. The van der Waals surface area contributed by atoms with Gasteiger partial charge in [0.2, 0.25) is 0 Å². The second-order valence-electron chi connectivity index (χ2n) is 8.12. The highest BCUT2D eigenvalue weighted by molar-refractivity contribution is 5.83. The molecule has 4 rings (SSSR count). The van der Waals surface area contributed by atoms with Gasteiger partial charge in [-0.15, -0.1) is 0 Å². The Morgan fingerprint density at radius 2 is 0.875 bits per heavy atom. The van der Waals surface area contributed by atoms with Gasteiger partial charge in [-0.25, -0.2) is 9.97 Å². The van der Waals surface area contributed by atoms with E-state index in [1.165, 1.54) is 11.4 Å². The highest BCUT2D eigenvalue weighted by Crippen LogP contribution is 2.20. The van der Waals surface area contributed by atoms with E-state index in [0.717, 1.165) is 33.5 Å². The van der Waals surface area contributed by atoms with Crippen LogP contribution < -0.4 is 9.80 Å². The van der Waals surface area contributed by atoms with E-state index in [2.05, 4.69) is 70.5 Å². The van der Waals surface area contributed by atoms with Crippen molar-refractivity contribution in [3.8, 4) is 0 Å². The quantitative estimate of drug-likeness (QED) is 0.377. The van der Waals surface area contributed by atoms with Gasteiger partial charge in [0.25, 0.3) is 0 Å². The highest BCUT2D eigenvalue weighted by atomic mass is 15.1. The van der Waals surface area contributed by atoms with Crippen molar-refractivity contribution in [1.29, 1.82) is 0 Å². The lowest BCUT2D eigenvalue weighted by atomic mass is 10.1. The van der Waals surface area contributed by atoms with Crippen LogP contribution in [-0.4, -0.2) is 38.2 Å². The summed E-state index contributed by atoms with van der Waals surface area (Å²) in [4.78, 5) is 13.9. The minimum atomic E-state index is 0.849. The average molecular weight is 421 g/mol. The monoisotopic (exact) mass is 420 g/mol. The van der Waals surface area contributed by atoms with Crippen LogP contribution in [0.2, 0.25) is 0 Å². The maximum Gasteiger partial charge on any atom is 0.0894 e. The number of anilines is 2. The van der Waals surface area contributed by atoms with Crippen LogP contribution >= 0.6 is 0 Å². The maximum atomic E-state index is 4.87. The van der Waals surface area contributed by atoms with Gasteiger partial charge < -0.3 is 9.80 Å². The minimum Gasteiger partial charge on any atom is -0.378 e. The summed E-state index contributed by atoms with van der Waals surface area (Å²) in [6, 6.07) is 24.9. The van der Waals surface area contributed by atoms with Crippen LogP contribution in [0.25, 0.3) is 35.3 Å². The van der Waals surface area contributed by atoms with Gasteiger partial charge in [0.05, 0.1) is 22.4 Å². The Morgan fingerprint density at radius 3 is 1.22 bits per heavy atom. The number of hydrogen-bond acceptors (Lipinski definition) is 4. The molecule has 0 spiro atoms. The fourth-order valence-electron chi connectivity index (χ4n) is 3.39. The van der Waals surface area contributed by atoms with Crippen LogP contribution in [0.4, 0.5) is 11.4 Å². The predicted octanol–water partition coefficient (Wildman–Crippen LogP) is 6.10. The summed E-state index contributed by atoms with van der Waals surface area (Å²) >= 11 is 0. The van der Waals surface area contributed by atoms with E-state index in [1.54, 1.807) is 0 Å². The molecule has 0 fully saturated rings. The minimum absolute atomic E-state index is 0.849. The third-order valence-electron chi connectivity index (χ3n) is 5.31. The van der Waals surface area contributed by atoms with Gasteiger partial charge in [-0.2, -0.15) is 0 Å². The molecule has 1 aromatic heterocycles. The summed E-state index contributed by atoms with van der Waals surface area (Å²) in [6.07, 6.45) is 8.25. The first-order chi connectivity index (χ1) is 15.5. The first-order valence-corrected chi connectivity index (χ1v) is 10.7. The van der Waals surface area contributed by atoms with Crippen LogP contribution in [0.15, 0.2) is 72.8 Å². The van der Waals surface area contributed by atoms with E-state index in [-0.39, 0.29) is 0 Å². The lowest BCUT2D eigenvalue weighted by molar-refractivity contribution is 1.13. The molecule has 0 aliphatic rings. The molecular weight excluding hydrogens is 392 g/mol. The molecule has 4 heteroatoms. The number of aromatic nitrogens is 2. The van der Waals surface area contributed by atoms with E-state index >= 15 is 0 Å². The van der Waals surface area contributed by atoms with E-state index < -0.39 is 0 Å². The Hall–Kier alpha value is -3.92. The second-order valence-corrected chi connectivity index (χ2v) is 8.12. The van der Waals surface area contributed by atoms with Crippen molar-refractivity contribution in [2.24, 2.45) is 0 Å². The summed E-state index contributed by atoms with van der Waals surface area (Å²) in [5.41, 5.74) is 8.08. The van der Waals surface area contributed by atoms with Gasteiger partial charge >= 0.3 is 0 Å². The van der Waals surface area contributed by atoms with Gasteiger partial charge in [-0.3, -0.25) is 0 Å². The molecule has 4 nitrogen and oxygen atoms in total. The first kappa shape index (κ1) is 21.3.